The van der Waals surface area contributed by atoms with E-state index in [0.29, 0.717) is 22.9 Å². The number of hydrogen-bond donors (Lipinski definition) is 1. The van der Waals surface area contributed by atoms with Crippen LogP contribution in [0.15, 0.2) is 42.5 Å². The third-order valence-corrected chi connectivity index (χ3v) is 4.55. The van der Waals surface area contributed by atoms with Gasteiger partial charge in [0.05, 0.1) is 6.04 Å². The van der Waals surface area contributed by atoms with Gasteiger partial charge in [0.15, 0.2) is 5.72 Å². The van der Waals surface area contributed by atoms with Gasteiger partial charge in [0.2, 0.25) is 0 Å². The number of nitrogens with one attached hydrogen (secondary N) is 1. The molecule has 1 fully saturated rings. The number of anilines is 1. The number of rotatable bonds is 1. The van der Waals surface area contributed by atoms with Gasteiger partial charge >= 0.3 is 6.03 Å². The van der Waals surface area contributed by atoms with E-state index in [4.69, 9.17) is 16.3 Å². The summed E-state index contributed by atoms with van der Waals surface area (Å²) < 4.78 is 19.3. The highest BCUT2D eigenvalue weighted by Crippen LogP contribution is 2.46. The third kappa shape index (κ3) is 2.23. The summed E-state index contributed by atoms with van der Waals surface area (Å²) in [4.78, 5) is 14.1. The normalized spacial score (nSPS) is 25.4. The van der Waals surface area contributed by atoms with Gasteiger partial charge in [-0.3, -0.25) is 4.90 Å². The van der Waals surface area contributed by atoms with Crippen LogP contribution < -0.4 is 15.0 Å². The highest BCUT2D eigenvalue weighted by Gasteiger charge is 2.49. The minimum atomic E-state index is -0.842. The van der Waals surface area contributed by atoms with Crippen LogP contribution in [-0.4, -0.2) is 11.8 Å². The van der Waals surface area contributed by atoms with E-state index in [1.165, 1.54) is 17.0 Å². The Hall–Kier alpha value is -2.27. The van der Waals surface area contributed by atoms with Crippen LogP contribution in [0, 0.1) is 5.82 Å². The molecule has 0 radical (unpaired) electrons. The lowest BCUT2D eigenvalue weighted by atomic mass is 9.90. The molecule has 4 nitrogen and oxygen atoms in total. The van der Waals surface area contributed by atoms with Gasteiger partial charge in [-0.2, -0.15) is 0 Å². The first-order valence-corrected chi connectivity index (χ1v) is 7.69. The van der Waals surface area contributed by atoms with Gasteiger partial charge in [0.1, 0.15) is 11.6 Å². The van der Waals surface area contributed by atoms with Crippen LogP contribution in [-0.2, 0) is 0 Å². The van der Waals surface area contributed by atoms with E-state index < -0.39 is 5.72 Å². The molecule has 0 spiro atoms. The Morgan fingerprint density at radius 1 is 1.30 bits per heavy atom. The van der Waals surface area contributed by atoms with E-state index in [1.54, 1.807) is 18.2 Å². The van der Waals surface area contributed by atoms with Crippen molar-refractivity contribution in [1.29, 1.82) is 0 Å². The molecule has 2 aliphatic heterocycles. The number of benzene rings is 2. The van der Waals surface area contributed by atoms with Gasteiger partial charge in [-0.05, 0) is 49.4 Å². The first-order chi connectivity index (χ1) is 11.0. The Balaban J connectivity index is 1.79. The predicted octanol–water partition coefficient (Wildman–Crippen LogP) is 4.25. The molecule has 2 unspecified atom stereocenters. The summed E-state index contributed by atoms with van der Waals surface area (Å²) in [6.45, 7) is 1.86. The molecule has 2 aliphatic rings. The van der Waals surface area contributed by atoms with Crippen LogP contribution in [0.25, 0.3) is 0 Å². The molecular weight excluding hydrogens is 319 g/mol. The molecule has 6 heteroatoms. The summed E-state index contributed by atoms with van der Waals surface area (Å²) in [5.41, 5.74) is 0.621. The number of nitrogens with zero attached hydrogens (tertiary/aromatic N) is 1. The number of hydrogen-bond acceptors (Lipinski definition) is 2. The zero-order valence-corrected chi connectivity index (χ0v) is 13.1. The highest BCUT2D eigenvalue weighted by atomic mass is 35.5. The SMILES string of the molecule is CC12CC(NC(=O)N1c1ccc(F)cc1)c1cc(Cl)ccc1O2. The summed E-state index contributed by atoms with van der Waals surface area (Å²) in [6, 6.07) is 10.7. The van der Waals surface area contributed by atoms with Crippen LogP contribution >= 0.6 is 11.6 Å². The number of urea groups is 1. The molecule has 1 N–H and O–H groups in total. The van der Waals surface area contributed by atoms with Crippen molar-refractivity contribution in [3.8, 4) is 5.75 Å². The fourth-order valence-electron chi connectivity index (χ4n) is 3.33. The van der Waals surface area contributed by atoms with Crippen molar-refractivity contribution >= 4 is 23.3 Å². The highest BCUT2D eigenvalue weighted by molar-refractivity contribution is 6.30. The molecule has 118 valence electrons. The Labute approximate surface area is 137 Å². The van der Waals surface area contributed by atoms with Gasteiger partial charge in [-0.1, -0.05) is 11.6 Å². The maximum Gasteiger partial charge on any atom is 0.325 e. The predicted molar refractivity (Wildman–Crippen MR) is 85.3 cm³/mol. The van der Waals surface area contributed by atoms with E-state index in [-0.39, 0.29) is 17.9 Å². The molecular formula is C17H14ClFN2O2. The first-order valence-electron chi connectivity index (χ1n) is 7.31. The molecule has 2 bridgehead atoms. The van der Waals surface area contributed by atoms with E-state index in [1.807, 2.05) is 19.1 Å². The zero-order chi connectivity index (χ0) is 16.2. The van der Waals surface area contributed by atoms with Crippen molar-refractivity contribution in [3.05, 3.63) is 58.9 Å². The first kappa shape index (κ1) is 14.3. The van der Waals surface area contributed by atoms with Crippen LogP contribution in [0.2, 0.25) is 5.02 Å². The molecule has 2 atom stereocenters. The molecule has 2 heterocycles. The maximum absolute atomic E-state index is 13.2. The van der Waals surface area contributed by atoms with Crippen LogP contribution in [0.3, 0.4) is 0 Å². The zero-order valence-electron chi connectivity index (χ0n) is 12.3. The summed E-state index contributed by atoms with van der Waals surface area (Å²) in [7, 11) is 0. The molecule has 1 saturated heterocycles. The summed E-state index contributed by atoms with van der Waals surface area (Å²) >= 11 is 6.05. The minimum absolute atomic E-state index is 0.161. The Bertz CT molecular complexity index is 796. The van der Waals surface area contributed by atoms with Crippen molar-refractivity contribution in [2.75, 3.05) is 4.90 Å². The van der Waals surface area contributed by atoms with Crippen molar-refractivity contribution < 1.29 is 13.9 Å². The van der Waals surface area contributed by atoms with Crippen molar-refractivity contribution in [3.63, 3.8) is 0 Å². The Morgan fingerprint density at radius 3 is 2.78 bits per heavy atom. The molecule has 2 aromatic rings. The quantitative estimate of drug-likeness (QED) is 0.848. The van der Waals surface area contributed by atoms with Crippen molar-refractivity contribution in [2.45, 2.75) is 25.1 Å². The topological polar surface area (TPSA) is 41.6 Å². The van der Waals surface area contributed by atoms with Gasteiger partial charge in [0.25, 0.3) is 0 Å². The molecule has 0 aliphatic carbocycles. The second-order valence-electron chi connectivity index (χ2n) is 5.98. The van der Waals surface area contributed by atoms with E-state index in [2.05, 4.69) is 5.32 Å². The van der Waals surface area contributed by atoms with Crippen LogP contribution in [0.4, 0.5) is 14.9 Å². The molecule has 23 heavy (non-hydrogen) atoms. The molecule has 0 saturated carbocycles. The monoisotopic (exact) mass is 332 g/mol. The largest absolute Gasteiger partial charge is 0.467 e. The lowest BCUT2D eigenvalue weighted by molar-refractivity contribution is 0.0379. The molecule has 2 aromatic carbocycles. The number of fused-ring (bicyclic) bond motifs is 4. The second kappa shape index (κ2) is 4.86. The fraction of sp³-hybridized carbons (Fsp3) is 0.235. The maximum atomic E-state index is 13.2. The van der Waals surface area contributed by atoms with Crippen molar-refractivity contribution in [2.24, 2.45) is 0 Å². The van der Waals surface area contributed by atoms with Gasteiger partial charge < -0.3 is 10.1 Å². The van der Waals surface area contributed by atoms with Gasteiger partial charge in [-0.25, -0.2) is 9.18 Å². The molecule has 0 aromatic heterocycles. The van der Waals surface area contributed by atoms with Crippen molar-refractivity contribution in [1.82, 2.24) is 5.32 Å². The number of halogens is 2. The molecule has 4 rings (SSSR count). The smallest absolute Gasteiger partial charge is 0.325 e. The second-order valence-corrected chi connectivity index (χ2v) is 6.41. The molecule has 2 amide bonds. The average molecular weight is 333 g/mol. The van der Waals surface area contributed by atoms with Gasteiger partial charge in [-0.15, -0.1) is 0 Å². The standard InChI is InChI=1S/C17H14ClFN2O2/c1-17-9-14(13-8-10(18)2-7-15(13)23-17)20-16(22)21(17)12-5-3-11(19)4-6-12/h2-8,14H,9H2,1H3,(H,20,22). The number of ether oxygens (including phenoxy) is 1. The van der Waals surface area contributed by atoms with E-state index in [9.17, 15) is 9.18 Å². The summed E-state index contributed by atoms with van der Waals surface area (Å²) in [5.74, 6) is 0.346. The lowest BCUT2D eigenvalue weighted by Crippen LogP contribution is -2.65. The average Bonchev–Trinajstić information content (AvgIpc) is 2.49. The summed E-state index contributed by atoms with van der Waals surface area (Å²) in [6.07, 6.45) is 0.573. The van der Waals surface area contributed by atoms with E-state index >= 15 is 0 Å². The van der Waals surface area contributed by atoms with E-state index in [0.717, 1.165) is 5.56 Å². The minimum Gasteiger partial charge on any atom is -0.467 e. The lowest BCUT2D eigenvalue weighted by Gasteiger charge is -2.50. The fourth-order valence-corrected chi connectivity index (χ4v) is 3.51. The number of carbonyl (C=O) groups excluding carboxylic acids is 1. The Morgan fingerprint density at radius 2 is 2.04 bits per heavy atom. The summed E-state index contributed by atoms with van der Waals surface area (Å²) in [5, 5.41) is 3.58. The number of amides is 2. The number of carbonyl (C=O) groups is 1. The van der Waals surface area contributed by atoms with Crippen LogP contribution in [0.5, 0.6) is 5.75 Å². The Kier molecular flexibility index (Phi) is 3.03. The van der Waals surface area contributed by atoms with Crippen LogP contribution in [0.1, 0.15) is 24.9 Å². The van der Waals surface area contributed by atoms with Gasteiger partial charge in [0, 0.05) is 22.7 Å². The third-order valence-electron chi connectivity index (χ3n) is 4.32.